The van der Waals surface area contributed by atoms with E-state index in [4.69, 9.17) is 4.74 Å². The Morgan fingerprint density at radius 2 is 2.03 bits per heavy atom. The Morgan fingerprint density at radius 1 is 1.23 bits per heavy atom. The van der Waals surface area contributed by atoms with Crippen LogP contribution in [0.15, 0.2) is 60.5 Å². The number of carbonyl (C=O) groups is 3. The summed E-state index contributed by atoms with van der Waals surface area (Å²) in [6.45, 7) is 0. The number of hydrogen-bond acceptors (Lipinski definition) is 7. The van der Waals surface area contributed by atoms with Crippen molar-refractivity contribution in [1.82, 2.24) is 19.7 Å². The number of amides is 2. The van der Waals surface area contributed by atoms with Gasteiger partial charge in [-0.1, -0.05) is 0 Å². The number of hydrogen-bond donors (Lipinski definition) is 2. The number of fused-ring (bicyclic) bond motifs is 1. The number of nitrogens with zero attached hydrogens (tertiary/aromatic N) is 4. The SMILES string of the molecule is CN(F)/C=C\C=C(/C=O)C(=O)Nc1ccc(Oc2ccc3nc(NC(=O)C4CC4)cn3n2)c(F)c1. The summed E-state index contributed by atoms with van der Waals surface area (Å²) < 4.78 is 34.1. The molecule has 0 atom stereocenters. The van der Waals surface area contributed by atoms with E-state index < -0.39 is 11.7 Å². The number of halogens is 2. The Balaban J connectivity index is 1.43. The summed E-state index contributed by atoms with van der Waals surface area (Å²) in [6.07, 6.45) is 6.86. The quantitative estimate of drug-likeness (QED) is 0.120. The molecule has 2 amide bonds. The topological polar surface area (TPSA) is 118 Å². The van der Waals surface area contributed by atoms with E-state index in [-0.39, 0.29) is 39.8 Å². The molecule has 0 spiro atoms. The standard InChI is InChI=1S/C23H20F2N6O4/c1-30(25)10-2-3-15(13-32)23(34)26-16-6-7-18(17(24)11-16)35-21-9-8-20-27-19(12-31(20)29-21)28-22(33)14-4-5-14/h2-3,6-14H,4-5H2,1H3,(H,26,34)(H,28,33)/b10-2-,15-3+. The molecule has 0 aliphatic heterocycles. The Morgan fingerprint density at radius 3 is 2.71 bits per heavy atom. The number of allylic oxidation sites excluding steroid dienone is 2. The lowest BCUT2D eigenvalue weighted by atomic mass is 10.2. The number of nitrogens with one attached hydrogen (secondary N) is 2. The minimum absolute atomic E-state index is 0.0312. The van der Waals surface area contributed by atoms with E-state index in [1.807, 2.05) is 0 Å². The minimum Gasteiger partial charge on any atom is -0.434 e. The first-order valence-electron chi connectivity index (χ1n) is 10.5. The summed E-state index contributed by atoms with van der Waals surface area (Å²) >= 11 is 0. The second-order valence-corrected chi connectivity index (χ2v) is 7.67. The van der Waals surface area contributed by atoms with Crippen molar-refractivity contribution in [2.45, 2.75) is 12.8 Å². The van der Waals surface area contributed by atoms with Gasteiger partial charge in [0.05, 0.1) is 11.8 Å². The molecule has 2 N–H and O–H groups in total. The van der Waals surface area contributed by atoms with E-state index in [1.54, 1.807) is 6.07 Å². The summed E-state index contributed by atoms with van der Waals surface area (Å²) in [7, 11) is 1.13. The van der Waals surface area contributed by atoms with Crippen LogP contribution in [0, 0.1) is 11.7 Å². The number of aldehydes is 1. The second kappa shape index (κ2) is 10.1. The summed E-state index contributed by atoms with van der Waals surface area (Å²) in [5.41, 5.74) is 0.261. The number of ether oxygens (including phenoxy) is 1. The zero-order valence-corrected chi connectivity index (χ0v) is 18.4. The predicted octanol–water partition coefficient (Wildman–Crippen LogP) is 3.40. The zero-order chi connectivity index (χ0) is 24.9. The smallest absolute Gasteiger partial charge is 0.258 e. The maximum atomic E-state index is 14.6. The molecule has 1 saturated carbocycles. The fourth-order valence-electron chi connectivity index (χ4n) is 2.96. The Hall–Kier alpha value is -4.61. The first-order chi connectivity index (χ1) is 16.8. The van der Waals surface area contributed by atoms with Crippen LogP contribution in [0.2, 0.25) is 0 Å². The van der Waals surface area contributed by atoms with Crippen molar-refractivity contribution in [3.05, 3.63) is 66.3 Å². The van der Waals surface area contributed by atoms with Crippen LogP contribution in [0.4, 0.5) is 20.4 Å². The van der Waals surface area contributed by atoms with Gasteiger partial charge in [-0.05, 0) is 43.2 Å². The molecule has 180 valence electrons. The molecule has 1 aliphatic carbocycles. The van der Waals surface area contributed by atoms with E-state index in [9.17, 15) is 23.3 Å². The molecular formula is C23H20F2N6O4. The highest BCUT2D eigenvalue weighted by atomic mass is 19.2. The number of imidazole rings is 1. The number of rotatable bonds is 9. The summed E-state index contributed by atoms with van der Waals surface area (Å²) in [4.78, 5) is 39.5. The minimum atomic E-state index is -0.795. The summed E-state index contributed by atoms with van der Waals surface area (Å²) in [6, 6.07) is 6.78. The van der Waals surface area contributed by atoms with Gasteiger partial charge in [0.2, 0.25) is 11.8 Å². The van der Waals surface area contributed by atoms with E-state index in [2.05, 4.69) is 20.7 Å². The molecule has 1 aliphatic rings. The highest BCUT2D eigenvalue weighted by Gasteiger charge is 2.30. The van der Waals surface area contributed by atoms with Gasteiger partial charge >= 0.3 is 0 Å². The molecule has 1 fully saturated rings. The highest BCUT2D eigenvalue weighted by Crippen LogP contribution is 2.30. The van der Waals surface area contributed by atoms with Gasteiger partial charge in [-0.2, -0.15) is 0 Å². The second-order valence-electron chi connectivity index (χ2n) is 7.67. The molecule has 0 saturated heterocycles. The van der Waals surface area contributed by atoms with E-state index in [0.29, 0.717) is 17.8 Å². The molecule has 2 heterocycles. The number of benzene rings is 1. The average Bonchev–Trinajstić information content (AvgIpc) is 3.59. The molecule has 0 unspecified atom stereocenters. The lowest BCUT2D eigenvalue weighted by Gasteiger charge is -2.09. The van der Waals surface area contributed by atoms with Crippen molar-refractivity contribution in [2.24, 2.45) is 5.92 Å². The lowest BCUT2D eigenvalue weighted by Crippen LogP contribution is -2.15. The van der Waals surface area contributed by atoms with Crippen molar-refractivity contribution in [2.75, 3.05) is 17.7 Å². The fraction of sp³-hybridized carbons (Fsp3) is 0.174. The van der Waals surface area contributed by atoms with Gasteiger partial charge in [-0.25, -0.2) is 19.0 Å². The van der Waals surface area contributed by atoms with Crippen molar-refractivity contribution in [3.63, 3.8) is 0 Å². The Kier molecular flexibility index (Phi) is 6.81. The molecule has 4 rings (SSSR count). The molecular weight excluding hydrogens is 462 g/mol. The van der Waals surface area contributed by atoms with Gasteiger partial charge < -0.3 is 15.4 Å². The van der Waals surface area contributed by atoms with Crippen molar-refractivity contribution < 1.29 is 28.0 Å². The van der Waals surface area contributed by atoms with Crippen molar-refractivity contribution in [1.29, 1.82) is 0 Å². The van der Waals surface area contributed by atoms with Crippen LogP contribution < -0.4 is 15.4 Å². The molecule has 0 radical (unpaired) electrons. The normalized spacial score (nSPS) is 13.6. The third-order valence-electron chi connectivity index (χ3n) is 4.86. The first kappa shape index (κ1) is 23.5. The van der Waals surface area contributed by atoms with Gasteiger partial charge in [0, 0.05) is 37.0 Å². The van der Waals surface area contributed by atoms with Crippen LogP contribution in [0.25, 0.3) is 5.65 Å². The summed E-state index contributed by atoms with van der Waals surface area (Å²) in [5.74, 6) is -1.37. The molecule has 10 nitrogen and oxygen atoms in total. The molecule has 0 bridgehead atoms. The van der Waals surface area contributed by atoms with Gasteiger partial charge in [-0.15, -0.1) is 9.58 Å². The molecule has 12 heteroatoms. The summed E-state index contributed by atoms with van der Waals surface area (Å²) in [5, 5.41) is 9.56. The largest absolute Gasteiger partial charge is 0.434 e. The van der Waals surface area contributed by atoms with Crippen LogP contribution in [-0.4, -0.2) is 44.9 Å². The molecule has 1 aromatic carbocycles. The van der Waals surface area contributed by atoms with Gasteiger partial charge in [-0.3, -0.25) is 14.4 Å². The number of anilines is 2. The average molecular weight is 482 g/mol. The van der Waals surface area contributed by atoms with Crippen molar-refractivity contribution >= 4 is 35.3 Å². The van der Waals surface area contributed by atoms with Crippen LogP contribution >= 0.6 is 0 Å². The van der Waals surface area contributed by atoms with Crippen LogP contribution in [0.5, 0.6) is 11.6 Å². The van der Waals surface area contributed by atoms with E-state index in [0.717, 1.165) is 38.2 Å². The third-order valence-corrected chi connectivity index (χ3v) is 4.86. The van der Waals surface area contributed by atoms with Gasteiger partial charge in [0.15, 0.2) is 29.3 Å². The van der Waals surface area contributed by atoms with Gasteiger partial charge in [0.1, 0.15) is 0 Å². The van der Waals surface area contributed by atoms with Crippen molar-refractivity contribution in [3.8, 4) is 11.6 Å². The Bertz CT molecular complexity index is 1350. The molecule has 35 heavy (non-hydrogen) atoms. The predicted molar refractivity (Wildman–Crippen MR) is 122 cm³/mol. The Labute approximate surface area is 197 Å². The zero-order valence-electron chi connectivity index (χ0n) is 18.4. The maximum absolute atomic E-state index is 14.6. The van der Waals surface area contributed by atoms with Crippen LogP contribution in [-0.2, 0) is 14.4 Å². The monoisotopic (exact) mass is 482 g/mol. The number of carbonyl (C=O) groups excluding carboxylic acids is 3. The molecule has 2 aromatic heterocycles. The first-order valence-corrected chi connectivity index (χ1v) is 10.5. The fourth-order valence-corrected chi connectivity index (χ4v) is 2.96. The van der Waals surface area contributed by atoms with Crippen LogP contribution in [0.3, 0.4) is 0 Å². The van der Waals surface area contributed by atoms with Gasteiger partial charge in [0.25, 0.3) is 5.91 Å². The lowest BCUT2D eigenvalue weighted by molar-refractivity contribution is -0.117. The molecule has 3 aromatic rings. The van der Waals surface area contributed by atoms with Crippen LogP contribution in [0.1, 0.15) is 12.8 Å². The third kappa shape index (κ3) is 6.05. The van der Waals surface area contributed by atoms with E-state index >= 15 is 0 Å². The maximum Gasteiger partial charge on any atom is 0.258 e. The number of aromatic nitrogens is 3. The van der Waals surface area contributed by atoms with E-state index in [1.165, 1.54) is 35.0 Å². The highest BCUT2D eigenvalue weighted by molar-refractivity contribution is 6.16.